The molecule has 0 saturated carbocycles. The molecular weight excluding hydrogens is 412 g/mol. The lowest BCUT2D eigenvalue weighted by atomic mass is 10.1. The number of nitrogens with one attached hydrogen (secondary N) is 2. The van der Waals surface area contributed by atoms with Crippen LogP contribution in [0.25, 0.3) is 0 Å². The van der Waals surface area contributed by atoms with E-state index < -0.39 is 0 Å². The van der Waals surface area contributed by atoms with Crippen molar-refractivity contribution in [2.45, 2.75) is 42.5 Å². The van der Waals surface area contributed by atoms with Crippen molar-refractivity contribution in [2.75, 3.05) is 18.5 Å². The first-order valence-electron chi connectivity index (χ1n) is 9.15. The van der Waals surface area contributed by atoms with E-state index in [0.29, 0.717) is 40.0 Å². The maximum absolute atomic E-state index is 12.4. The lowest BCUT2D eigenvalue weighted by molar-refractivity contribution is -0.115. The molecule has 0 radical (unpaired) electrons. The molecule has 1 amide bonds. The van der Waals surface area contributed by atoms with Crippen molar-refractivity contribution in [3.63, 3.8) is 0 Å². The summed E-state index contributed by atoms with van der Waals surface area (Å²) in [6.07, 6.45) is 5.06. The summed E-state index contributed by atoms with van der Waals surface area (Å²) in [5, 5.41) is 11.3. The number of pyridine rings is 1. The predicted molar refractivity (Wildman–Crippen MR) is 108 cm³/mol. The Bertz CT molecular complexity index is 956. The number of carbonyl (C=O) groups excluding carboxylic acids is 1. The summed E-state index contributed by atoms with van der Waals surface area (Å²) < 4.78 is 11.5. The van der Waals surface area contributed by atoms with Gasteiger partial charge in [-0.05, 0) is 18.7 Å². The molecule has 0 atom stereocenters. The van der Waals surface area contributed by atoms with E-state index in [4.69, 9.17) is 9.47 Å². The zero-order valence-corrected chi connectivity index (χ0v) is 17.4. The first kappa shape index (κ1) is 19.8. The van der Waals surface area contributed by atoms with Crippen molar-refractivity contribution in [3.05, 3.63) is 35.2 Å². The highest BCUT2D eigenvalue weighted by molar-refractivity contribution is 7.99. The van der Waals surface area contributed by atoms with E-state index in [9.17, 15) is 4.79 Å². The van der Waals surface area contributed by atoms with Gasteiger partial charge in [0.05, 0.1) is 25.3 Å². The highest BCUT2D eigenvalue weighted by Crippen LogP contribution is 2.28. The molecule has 11 heteroatoms. The van der Waals surface area contributed by atoms with Gasteiger partial charge in [0.15, 0.2) is 10.3 Å². The highest BCUT2D eigenvalue weighted by atomic mass is 32.2. The van der Waals surface area contributed by atoms with Crippen molar-refractivity contribution in [2.24, 2.45) is 0 Å². The summed E-state index contributed by atoms with van der Waals surface area (Å²) in [4.78, 5) is 26.3. The maximum atomic E-state index is 12.4. The summed E-state index contributed by atoms with van der Waals surface area (Å²) in [6.45, 7) is 3.33. The molecule has 2 N–H and O–H groups in total. The average Bonchev–Trinajstić information content (AvgIpc) is 3.34. The first-order chi connectivity index (χ1) is 14.1. The number of H-pyrrole nitrogens is 1. The van der Waals surface area contributed by atoms with Crippen LogP contribution in [0.3, 0.4) is 0 Å². The summed E-state index contributed by atoms with van der Waals surface area (Å²) in [5.74, 6) is 0.507. The Morgan fingerprint density at radius 3 is 2.97 bits per heavy atom. The van der Waals surface area contributed by atoms with Gasteiger partial charge in [-0.1, -0.05) is 0 Å². The fourth-order valence-corrected chi connectivity index (χ4v) is 4.23. The molecule has 4 rings (SSSR count). The van der Waals surface area contributed by atoms with Crippen LogP contribution < -0.4 is 10.1 Å². The van der Waals surface area contributed by atoms with Gasteiger partial charge in [0.2, 0.25) is 5.91 Å². The van der Waals surface area contributed by atoms with Crippen LogP contribution in [0.4, 0.5) is 5.13 Å². The minimum absolute atomic E-state index is 0.0919. The summed E-state index contributed by atoms with van der Waals surface area (Å²) in [5.41, 5.74) is 0.613. The number of hydrogen-bond donors (Lipinski definition) is 2. The number of thiazole rings is 1. The van der Waals surface area contributed by atoms with Crippen molar-refractivity contribution in [1.29, 1.82) is 0 Å². The van der Waals surface area contributed by atoms with Gasteiger partial charge >= 0.3 is 0 Å². The second kappa shape index (κ2) is 9.33. The van der Waals surface area contributed by atoms with E-state index in [1.807, 2.05) is 19.1 Å². The van der Waals surface area contributed by atoms with Gasteiger partial charge in [0, 0.05) is 36.0 Å². The Labute approximate surface area is 175 Å². The molecule has 0 unspecified atom stereocenters. The van der Waals surface area contributed by atoms with Crippen LogP contribution in [-0.2, 0) is 16.0 Å². The second-order valence-electron chi connectivity index (χ2n) is 6.46. The third-order valence-electron chi connectivity index (χ3n) is 4.10. The monoisotopic (exact) mass is 432 g/mol. The number of rotatable bonds is 7. The maximum Gasteiger partial charge on any atom is 0.232 e. The van der Waals surface area contributed by atoms with Crippen LogP contribution in [-0.4, -0.2) is 50.4 Å². The lowest BCUT2D eigenvalue weighted by Crippen LogP contribution is -2.26. The van der Waals surface area contributed by atoms with Crippen LogP contribution in [0.15, 0.2) is 34.8 Å². The van der Waals surface area contributed by atoms with E-state index in [0.717, 1.165) is 17.7 Å². The lowest BCUT2D eigenvalue weighted by Gasteiger charge is -2.23. The van der Waals surface area contributed by atoms with E-state index in [1.165, 1.54) is 29.4 Å². The number of hydrogen-bond acceptors (Lipinski definition) is 9. The van der Waals surface area contributed by atoms with E-state index in [2.05, 4.69) is 30.5 Å². The molecule has 0 aliphatic carbocycles. The Morgan fingerprint density at radius 2 is 2.24 bits per heavy atom. The number of anilines is 1. The minimum atomic E-state index is -0.175. The molecule has 3 aromatic heterocycles. The average molecular weight is 433 g/mol. The molecule has 1 fully saturated rings. The molecule has 1 aliphatic rings. The fraction of sp³-hybridized carbons (Fsp3) is 0.389. The number of ether oxygens (including phenoxy) is 2. The zero-order chi connectivity index (χ0) is 20.1. The van der Waals surface area contributed by atoms with Crippen molar-refractivity contribution in [3.8, 4) is 5.75 Å². The molecule has 152 valence electrons. The van der Waals surface area contributed by atoms with Crippen molar-refractivity contribution in [1.82, 2.24) is 25.1 Å². The number of aryl methyl sites for hydroxylation is 1. The van der Waals surface area contributed by atoms with Gasteiger partial charge in [-0.25, -0.2) is 15.0 Å². The third kappa shape index (κ3) is 5.75. The van der Waals surface area contributed by atoms with Gasteiger partial charge < -0.3 is 14.8 Å². The highest BCUT2D eigenvalue weighted by Gasteiger charge is 2.17. The Morgan fingerprint density at radius 1 is 1.38 bits per heavy atom. The summed E-state index contributed by atoms with van der Waals surface area (Å²) in [7, 11) is 0. The molecule has 0 bridgehead atoms. The topological polar surface area (TPSA) is 115 Å². The number of nitrogens with zero attached hydrogens (tertiary/aromatic N) is 4. The molecule has 1 aliphatic heterocycles. The Balaban J connectivity index is 1.50. The van der Waals surface area contributed by atoms with Crippen LogP contribution in [0.2, 0.25) is 0 Å². The number of aromatic amines is 1. The Kier molecular flexibility index (Phi) is 6.37. The van der Waals surface area contributed by atoms with Gasteiger partial charge in [-0.15, -0.1) is 11.3 Å². The minimum Gasteiger partial charge on any atom is -0.490 e. The molecule has 3 aromatic rings. The molecular formula is C18H20N6O3S2. The quantitative estimate of drug-likeness (QED) is 0.586. The number of aromatic nitrogens is 5. The molecule has 9 nitrogen and oxygen atoms in total. The van der Waals surface area contributed by atoms with Crippen molar-refractivity contribution < 1.29 is 14.3 Å². The smallest absolute Gasteiger partial charge is 0.232 e. The standard InChI is InChI=1S/C18H20N6O3S2/c1-11-9-19-17(28-11)23-15(25)7-12-6-14(27-13-2-4-26-5-3-13)8-16(22-12)29-18-20-10-21-24-18/h6,8-10,13H,2-5,7H2,1H3,(H,19,23,25)(H,20,21,24). The van der Waals surface area contributed by atoms with Crippen LogP contribution in [0.5, 0.6) is 5.75 Å². The molecule has 29 heavy (non-hydrogen) atoms. The summed E-state index contributed by atoms with van der Waals surface area (Å²) >= 11 is 2.77. The third-order valence-corrected chi connectivity index (χ3v) is 5.74. The van der Waals surface area contributed by atoms with Crippen molar-refractivity contribution >= 4 is 34.1 Å². The van der Waals surface area contributed by atoms with Gasteiger partial charge in [0.25, 0.3) is 0 Å². The van der Waals surface area contributed by atoms with E-state index >= 15 is 0 Å². The van der Waals surface area contributed by atoms with E-state index in [1.54, 1.807) is 6.20 Å². The molecule has 0 spiro atoms. The van der Waals surface area contributed by atoms with Gasteiger partial charge in [-0.2, -0.15) is 5.10 Å². The first-order valence-corrected chi connectivity index (χ1v) is 10.8. The van der Waals surface area contributed by atoms with Crippen LogP contribution in [0, 0.1) is 6.92 Å². The predicted octanol–water partition coefficient (Wildman–Crippen LogP) is 2.85. The normalized spacial score (nSPS) is 14.7. The van der Waals surface area contributed by atoms with Crippen LogP contribution in [0.1, 0.15) is 23.4 Å². The van der Waals surface area contributed by atoms with Gasteiger partial charge in [-0.3, -0.25) is 9.89 Å². The van der Waals surface area contributed by atoms with Gasteiger partial charge in [0.1, 0.15) is 23.2 Å². The summed E-state index contributed by atoms with van der Waals surface area (Å²) in [6, 6.07) is 3.67. The Hall–Kier alpha value is -2.50. The second-order valence-corrected chi connectivity index (χ2v) is 8.70. The SMILES string of the molecule is Cc1cnc(NC(=O)Cc2cc(OC3CCOCC3)cc(Sc3ncn[nH]3)n2)s1. The fourth-order valence-electron chi connectivity index (χ4n) is 2.81. The molecule has 4 heterocycles. The number of carbonyl (C=O) groups is 1. The van der Waals surface area contributed by atoms with Crippen LogP contribution >= 0.6 is 23.1 Å². The molecule has 1 saturated heterocycles. The molecule has 0 aromatic carbocycles. The largest absolute Gasteiger partial charge is 0.490 e. The number of amides is 1. The van der Waals surface area contributed by atoms with E-state index in [-0.39, 0.29) is 18.4 Å². The zero-order valence-electron chi connectivity index (χ0n) is 15.8.